The van der Waals surface area contributed by atoms with Crippen molar-refractivity contribution in [2.45, 2.75) is 18.1 Å². The molecule has 0 amide bonds. The van der Waals surface area contributed by atoms with Crippen LogP contribution in [0, 0.1) is 0 Å². The molecule has 1 saturated heterocycles. The molecule has 0 aromatic rings. The molecule has 1 heterocycles. The molecule has 1 heteroatoms. The van der Waals surface area contributed by atoms with E-state index < -0.39 is 0 Å². The van der Waals surface area contributed by atoms with Crippen molar-refractivity contribution in [3.63, 3.8) is 0 Å². The van der Waals surface area contributed by atoms with Crippen LogP contribution in [0.15, 0.2) is 0 Å². The van der Waals surface area contributed by atoms with Crippen LogP contribution in [-0.2, 0) is 0 Å². The van der Waals surface area contributed by atoms with Crippen molar-refractivity contribution in [1.82, 2.24) is 0 Å². The lowest BCUT2D eigenvalue weighted by Gasteiger charge is -1.58. The van der Waals surface area contributed by atoms with Crippen LogP contribution in [0.2, 0.25) is 11.6 Å². The highest BCUT2D eigenvalue weighted by atomic mass is 14.4. The van der Waals surface area contributed by atoms with Crippen LogP contribution in [0.3, 0.4) is 0 Å². The average Bonchev–Trinajstić information content (AvgIpc) is 1.36. The van der Waals surface area contributed by atoms with Gasteiger partial charge in [0.1, 0.15) is 7.28 Å². The van der Waals surface area contributed by atoms with Crippen molar-refractivity contribution in [2.24, 2.45) is 0 Å². The van der Waals surface area contributed by atoms with Gasteiger partial charge in [0.2, 0.25) is 0 Å². The van der Waals surface area contributed by atoms with Gasteiger partial charge < -0.3 is 0 Å². The predicted octanol–water partition coefficient (Wildman–Crippen LogP) is 0.685. The maximum atomic E-state index is 2.39. The van der Waals surface area contributed by atoms with Crippen LogP contribution in [0.1, 0.15) is 6.42 Å². The second-order valence-corrected chi connectivity index (χ2v) is 1.76. The quantitative estimate of drug-likeness (QED) is 0.355. The third-order valence-corrected chi connectivity index (χ3v) is 1.24. The summed E-state index contributed by atoms with van der Waals surface area (Å²) in [7, 11) is 2.39. The summed E-state index contributed by atoms with van der Waals surface area (Å²) in [4.78, 5) is 0. The Morgan fingerprint density at radius 2 is 1.75 bits per heavy atom. The summed E-state index contributed by atoms with van der Waals surface area (Å²) in [6, 6.07) is 0. The summed E-state index contributed by atoms with van der Waals surface area (Å²) in [6.45, 7) is 0. The predicted molar refractivity (Wildman–Crippen MR) is 17.9 cm³/mol. The van der Waals surface area contributed by atoms with Crippen LogP contribution in [-0.4, -0.2) is 7.28 Å². The van der Waals surface area contributed by atoms with Crippen LogP contribution in [0.25, 0.3) is 0 Å². The van der Waals surface area contributed by atoms with E-state index >= 15 is 0 Å². The van der Waals surface area contributed by atoms with Crippen molar-refractivity contribution < 1.29 is 0 Å². The first kappa shape index (κ1) is 1.49. The van der Waals surface area contributed by atoms with Gasteiger partial charge in [-0.15, -0.1) is 0 Å². The first-order chi connectivity index (χ1) is 1.97. The van der Waals surface area contributed by atoms with E-state index in [4.69, 9.17) is 0 Å². The third-order valence-electron chi connectivity index (χ3n) is 1.24. The van der Waals surface area contributed by atoms with E-state index in [-0.39, 0.29) is 0 Å². The van der Waals surface area contributed by atoms with Gasteiger partial charge >= 0.3 is 0 Å². The van der Waals surface area contributed by atoms with Gasteiger partial charge in [-0.1, -0.05) is 18.1 Å². The van der Waals surface area contributed by atoms with E-state index in [0.29, 0.717) is 0 Å². The molecule has 1 aliphatic carbocycles. The molecule has 19 valence electrons. The zero-order valence-electron chi connectivity index (χ0n) is 2.44. The van der Waals surface area contributed by atoms with Gasteiger partial charge in [-0.2, -0.15) is 0 Å². The summed E-state index contributed by atoms with van der Waals surface area (Å²) >= 11 is 0. The van der Waals surface area contributed by atoms with Gasteiger partial charge in [0.05, 0.1) is 0 Å². The maximum Gasteiger partial charge on any atom is 0.116 e. The topological polar surface area (TPSA) is 0 Å². The zero-order valence-corrected chi connectivity index (χ0v) is 2.44. The number of hydrogen-bond donors (Lipinski definition) is 0. The molecule has 4 heavy (non-hydrogen) atoms. The summed E-state index contributed by atoms with van der Waals surface area (Å²) in [5.74, 6) is 2.25. The molecule has 0 aromatic carbocycles. The van der Waals surface area contributed by atoms with Gasteiger partial charge in [-0.25, -0.2) is 0 Å². The standard InChI is InChI=1S/C3H4B/c1-2-3(1)4-2/h2-3H,1H2/t2-,3?/m1/s1. The number of hydrogen-bond acceptors (Lipinski definition) is 0. The molecule has 2 fully saturated rings. The van der Waals surface area contributed by atoms with E-state index in [9.17, 15) is 0 Å². The van der Waals surface area contributed by atoms with Crippen LogP contribution in [0.5, 0.6) is 0 Å². The Kier molecular flexibility index (Phi) is 0.0748. The fourth-order valence-corrected chi connectivity index (χ4v) is 0.450. The van der Waals surface area contributed by atoms with Crippen LogP contribution >= 0.6 is 0 Å². The van der Waals surface area contributed by atoms with E-state index in [1.165, 1.54) is 6.42 Å². The van der Waals surface area contributed by atoms with Crippen LogP contribution < -0.4 is 0 Å². The van der Waals surface area contributed by atoms with E-state index in [1.54, 1.807) is 0 Å². The molecule has 1 aliphatic heterocycles. The van der Waals surface area contributed by atoms with Gasteiger partial charge in [0.25, 0.3) is 0 Å². The minimum absolute atomic E-state index is 1.12. The van der Waals surface area contributed by atoms with Crippen LogP contribution in [0.4, 0.5) is 0 Å². The van der Waals surface area contributed by atoms with Gasteiger partial charge in [-0.05, 0) is 0 Å². The summed E-state index contributed by atoms with van der Waals surface area (Å²) < 4.78 is 0. The Balaban J connectivity index is 2.48. The minimum Gasteiger partial charge on any atom is -0.0732 e. The molecule has 0 spiro atoms. The Bertz CT molecular complexity index is 39.2. The minimum atomic E-state index is 1.12. The SMILES string of the molecule is [B]1C2C[C@@H]12. The summed E-state index contributed by atoms with van der Waals surface area (Å²) in [5, 5.41) is 0. The monoisotopic (exact) mass is 51.0 g/mol. The highest BCUT2D eigenvalue weighted by Gasteiger charge is 2.53. The normalized spacial score (nSPS) is 64.0. The van der Waals surface area contributed by atoms with E-state index in [1.807, 2.05) is 0 Å². The second-order valence-electron chi connectivity index (χ2n) is 1.76. The molecule has 0 nitrogen and oxygen atoms in total. The fraction of sp³-hybridized carbons (Fsp3) is 1.00. The van der Waals surface area contributed by atoms with Crippen molar-refractivity contribution >= 4 is 7.28 Å². The third kappa shape index (κ3) is 0.0360. The Labute approximate surface area is 26.4 Å². The van der Waals surface area contributed by atoms with E-state index in [2.05, 4.69) is 7.28 Å². The number of fused-ring (bicyclic) bond motifs is 1. The Hall–Kier alpha value is 0.0649. The average molecular weight is 50.9 g/mol. The van der Waals surface area contributed by atoms with Gasteiger partial charge in [-0.3, -0.25) is 0 Å². The fourth-order valence-electron chi connectivity index (χ4n) is 0.450. The maximum absolute atomic E-state index is 2.39. The highest BCUT2D eigenvalue weighted by molar-refractivity contribution is 6.59. The van der Waals surface area contributed by atoms with Gasteiger partial charge in [0.15, 0.2) is 0 Å². The van der Waals surface area contributed by atoms with Gasteiger partial charge in [0, 0.05) is 0 Å². The summed E-state index contributed by atoms with van der Waals surface area (Å²) in [6.07, 6.45) is 1.53. The Morgan fingerprint density at radius 3 is 1.75 bits per heavy atom. The first-order valence-corrected chi connectivity index (χ1v) is 1.82. The lowest BCUT2D eigenvalue weighted by Crippen LogP contribution is -1.59. The first-order valence-electron chi connectivity index (χ1n) is 1.82. The molecule has 0 bridgehead atoms. The molecule has 2 aliphatic rings. The Morgan fingerprint density at radius 1 is 1.50 bits per heavy atom. The van der Waals surface area contributed by atoms with Crippen molar-refractivity contribution in [3.05, 3.63) is 0 Å². The second kappa shape index (κ2) is 0.201. The molecule has 2 rings (SSSR count). The lowest BCUT2D eigenvalue weighted by atomic mass is 9.89. The molecule has 1 unspecified atom stereocenters. The summed E-state index contributed by atoms with van der Waals surface area (Å²) in [5.41, 5.74) is 0. The highest BCUT2D eigenvalue weighted by Crippen LogP contribution is 2.67. The molecule has 0 N–H and O–H groups in total. The lowest BCUT2D eigenvalue weighted by molar-refractivity contribution is 1.41. The van der Waals surface area contributed by atoms with E-state index in [0.717, 1.165) is 11.6 Å². The van der Waals surface area contributed by atoms with Crippen molar-refractivity contribution in [1.29, 1.82) is 0 Å². The number of rotatable bonds is 0. The molecule has 1 radical (unpaired) electrons. The zero-order chi connectivity index (χ0) is 2.57. The smallest absolute Gasteiger partial charge is 0.0732 e. The van der Waals surface area contributed by atoms with Crippen molar-refractivity contribution in [3.8, 4) is 0 Å². The molecule has 2 atom stereocenters. The molecule has 0 aromatic heterocycles. The molecular weight excluding hydrogens is 46.8 g/mol. The van der Waals surface area contributed by atoms with Crippen molar-refractivity contribution in [2.75, 3.05) is 0 Å². The molecular formula is C3H4B. The molecule has 1 saturated carbocycles. The largest absolute Gasteiger partial charge is 0.116 e.